The van der Waals surface area contributed by atoms with Crippen molar-refractivity contribution in [3.05, 3.63) is 29.8 Å². The zero-order chi connectivity index (χ0) is 21.6. The molecule has 0 unspecified atom stereocenters. The van der Waals surface area contributed by atoms with E-state index in [1.54, 1.807) is 6.07 Å². The molecule has 172 valence electrons. The van der Waals surface area contributed by atoms with Gasteiger partial charge in [0.15, 0.2) is 0 Å². The Balaban J connectivity index is 1.09. The summed E-state index contributed by atoms with van der Waals surface area (Å²) in [6, 6.07) is 5.54. The van der Waals surface area contributed by atoms with Crippen LogP contribution in [0.4, 0.5) is 18.9 Å². The molecule has 1 aromatic rings. The lowest BCUT2D eigenvalue weighted by molar-refractivity contribution is -0.176. The van der Waals surface area contributed by atoms with Crippen molar-refractivity contribution in [2.45, 2.75) is 56.4 Å². The third kappa shape index (κ3) is 4.74. The third-order valence-corrected chi connectivity index (χ3v) is 7.94. The number of alkyl halides is 3. The van der Waals surface area contributed by atoms with Gasteiger partial charge < -0.3 is 14.7 Å². The van der Waals surface area contributed by atoms with Crippen molar-refractivity contribution in [1.29, 1.82) is 0 Å². The van der Waals surface area contributed by atoms with E-state index in [4.69, 9.17) is 4.74 Å². The van der Waals surface area contributed by atoms with Crippen LogP contribution in [0.1, 0.15) is 44.1 Å². The van der Waals surface area contributed by atoms with Gasteiger partial charge in [0.1, 0.15) is 0 Å². The van der Waals surface area contributed by atoms with Gasteiger partial charge in [-0.3, -0.25) is 4.90 Å². The van der Waals surface area contributed by atoms with Gasteiger partial charge in [0.05, 0.1) is 23.9 Å². The molecule has 6 rings (SSSR count). The SMILES string of the molecule is O[C@@H](COC12CC3CC(CC(C3)C1)C2)CN1CCN(c2cccc(C(F)(F)F)c2)CC1. The highest BCUT2D eigenvalue weighted by Crippen LogP contribution is 2.57. The van der Waals surface area contributed by atoms with Crippen molar-refractivity contribution in [1.82, 2.24) is 4.90 Å². The van der Waals surface area contributed by atoms with Gasteiger partial charge in [-0.25, -0.2) is 0 Å². The number of anilines is 1. The third-order valence-electron chi connectivity index (χ3n) is 7.94. The molecule has 1 saturated heterocycles. The Morgan fingerprint density at radius 2 is 1.61 bits per heavy atom. The van der Waals surface area contributed by atoms with Crippen LogP contribution in [0.3, 0.4) is 0 Å². The Hall–Kier alpha value is -1.31. The van der Waals surface area contributed by atoms with Crippen LogP contribution in [0.25, 0.3) is 0 Å². The van der Waals surface area contributed by atoms with Crippen LogP contribution in [0.2, 0.25) is 0 Å². The number of aliphatic hydroxyl groups excluding tert-OH is 1. The predicted octanol–water partition coefficient (Wildman–Crippen LogP) is 4.17. The molecule has 1 aliphatic heterocycles. The minimum Gasteiger partial charge on any atom is -0.389 e. The van der Waals surface area contributed by atoms with Gasteiger partial charge in [-0.15, -0.1) is 0 Å². The summed E-state index contributed by atoms with van der Waals surface area (Å²) < 4.78 is 45.3. The van der Waals surface area contributed by atoms with Crippen LogP contribution in [0.15, 0.2) is 24.3 Å². The molecule has 31 heavy (non-hydrogen) atoms. The maximum absolute atomic E-state index is 13.0. The molecule has 7 heteroatoms. The van der Waals surface area contributed by atoms with Crippen molar-refractivity contribution in [2.24, 2.45) is 17.8 Å². The summed E-state index contributed by atoms with van der Waals surface area (Å²) in [7, 11) is 0. The lowest BCUT2D eigenvalue weighted by Crippen LogP contribution is -2.53. The minimum atomic E-state index is -4.32. The van der Waals surface area contributed by atoms with Crippen LogP contribution in [-0.2, 0) is 10.9 Å². The molecule has 1 aromatic carbocycles. The molecule has 4 saturated carbocycles. The number of halogens is 3. The molecular weight excluding hydrogens is 405 g/mol. The van der Waals surface area contributed by atoms with E-state index in [9.17, 15) is 18.3 Å². The van der Waals surface area contributed by atoms with Crippen molar-refractivity contribution in [3.8, 4) is 0 Å². The summed E-state index contributed by atoms with van der Waals surface area (Å²) >= 11 is 0. The molecule has 5 fully saturated rings. The summed E-state index contributed by atoms with van der Waals surface area (Å²) in [4.78, 5) is 4.18. The highest BCUT2D eigenvalue weighted by Gasteiger charge is 2.51. The first-order valence-electron chi connectivity index (χ1n) is 11.7. The standard InChI is InChI=1S/C24H33F3N2O2/c25-24(26,27)20-2-1-3-21(11-20)29-6-4-28(5-7-29)15-22(30)16-31-23-12-17-8-18(13-23)10-19(9-17)14-23/h1-3,11,17-19,22,30H,4-10,12-16H2/t17?,18?,19?,22-,23?/m1/s1. The second-order valence-electron chi connectivity index (χ2n) is 10.4. The van der Waals surface area contributed by atoms with Gasteiger partial charge in [0.2, 0.25) is 0 Å². The molecule has 4 nitrogen and oxygen atoms in total. The molecule has 0 radical (unpaired) electrons. The second-order valence-corrected chi connectivity index (χ2v) is 10.4. The Kier molecular flexibility index (Phi) is 5.72. The molecule has 1 N–H and O–H groups in total. The van der Waals surface area contributed by atoms with Gasteiger partial charge in [0, 0.05) is 38.4 Å². The minimum absolute atomic E-state index is 0.0118. The van der Waals surface area contributed by atoms with Crippen molar-refractivity contribution < 1.29 is 23.0 Å². The van der Waals surface area contributed by atoms with E-state index in [1.807, 2.05) is 4.90 Å². The highest BCUT2D eigenvalue weighted by molar-refractivity contribution is 5.49. The van der Waals surface area contributed by atoms with Gasteiger partial charge >= 0.3 is 6.18 Å². The number of hydrogen-bond acceptors (Lipinski definition) is 4. The van der Waals surface area contributed by atoms with E-state index in [1.165, 1.54) is 50.7 Å². The maximum Gasteiger partial charge on any atom is 0.416 e. The van der Waals surface area contributed by atoms with Gasteiger partial charge in [-0.05, 0) is 74.5 Å². The fourth-order valence-corrected chi connectivity index (χ4v) is 6.90. The van der Waals surface area contributed by atoms with Crippen LogP contribution in [0, 0.1) is 17.8 Å². The molecule has 0 spiro atoms. The van der Waals surface area contributed by atoms with Crippen LogP contribution < -0.4 is 4.90 Å². The second kappa shape index (κ2) is 8.23. The zero-order valence-electron chi connectivity index (χ0n) is 18.0. The summed E-state index contributed by atoms with van der Waals surface area (Å²) in [5.41, 5.74) is 0.0163. The van der Waals surface area contributed by atoms with Crippen molar-refractivity contribution in [2.75, 3.05) is 44.2 Å². The topological polar surface area (TPSA) is 35.9 Å². The smallest absolute Gasteiger partial charge is 0.389 e. The average Bonchev–Trinajstić information content (AvgIpc) is 2.72. The van der Waals surface area contributed by atoms with Crippen LogP contribution >= 0.6 is 0 Å². The Labute approximate surface area is 182 Å². The van der Waals surface area contributed by atoms with Crippen molar-refractivity contribution >= 4 is 5.69 Å². The Morgan fingerprint density at radius 3 is 2.19 bits per heavy atom. The lowest BCUT2D eigenvalue weighted by atomic mass is 9.54. The quantitative estimate of drug-likeness (QED) is 0.723. The van der Waals surface area contributed by atoms with E-state index in [2.05, 4.69) is 4.90 Å². The average molecular weight is 439 g/mol. The number of aliphatic hydroxyl groups is 1. The monoisotopic (exact) mass is 438 g/mol. The number of ether oxygens (including phenoxy) is 1. The lowest BCUT2D eigenvalue weighted by Gasteiger charge is -2.56. The maximum atomic E-state index is 13.0. The van der Waals surface area contributed by atoms with Gasteiger partial charge in [-0.1, -0.05) is 6.07 Å². The number of rotatable bonds is 6. The fourth-order valence-electron chi connectivity index (χ4n) is 6.90. The van der Waals surface area contributed by atoms with Crippen molar-refractivity contribution in [3.63, 3.8) is 0 Å². The molecule has 4 aliphatic carbocycles. The first-order chi connectivity index (χ1) is 14.8. The number of β-amino-alcohol motifs (C(OH)–C–C–N with tert-alkyl or cyclic N) is 1. The first kappa shape index (κ1) is 21.5. The van der Waals surface area contributed by atoms with E-state index in [-0.39, 0.29) is 5.60 Å². The molecular formula is C24H33F3N2O2. The predicted molar refractivity (Wildman–Crippen MR) is 113 cm³/mol. The van der Waals surface area contributed by atoms with E-state index in [0.29, 0.717) is 31.9 Å². The highest BCUT2D eigenvalue weighted by atomic mass is 19.4. The Morgan fingerprint density at radius 1 is 1.00 bits per heavy atom. The molecule has 0 amide bonds. The first-order valence-corrected chi connectivity index (χ1v) is 11.7. The summed E-state index contributed by atoms with van der Waals surface area (Å²) in [6.45, 7) is 3.71. The summed E-state index contributed by atoms with van der Waals surface area (Å²) in [5.74, 6) is 2.48. The number of benzene rings is 1. The molecule has 1 atom stereocenters. The fraction of sp³-hybridized carbons (Fsp3) is 0.750. The largest absolute Gasteiger partial charge is 0.416 e. The van der Waals surface area contributed by atoms with E-state index in [0.717, 1.165) is 36.9 Å². The molecule has 1 heterocycles. The van der Waals surface area contributed by atoms with Crippen LogP contribution in [-0.4, -0.2) is 61.0 Å². The zero-order valence-corrected chi connectivity index (χ0v) is 18.0. The molecule has 5 aliphatic rings. The molecule has 0 aromatic heterocycles. The van der Waals surface area contributed by atoms with Gasteiger partial charge in [0.25, 0.3) is 0 Å². The van der Waals surface area contributed by atoms with Crippen LogP contribution in [0.5, 0.6) is 0 Å². The Bertz CT molecular complexity index is 741. The van der Waals surface area contributed by atoms with E-state index < -0.39 is 17.8 Å². The van der Waals surface area contributed by atoms with E-state index >= 15 is 0 Å². The number of piperazine rings is 1. The van der Waals surface area contributed by atoms with Gasteiger partial charge in [-0.2, -0.15) is 13.2 Å². The normalized spacial score (nSPS) is 34.3. The number of nitrogens with zero attached hydrogens (tertiary/aromatic N) is 2. The number of hydrogen-bond donors (Lipinski definition) is 1. The summed E-state index contributed by atoms with van der Waals surface area (Å²) in [6.07, 6.45) is 2.79. The molecule has 4 bridgehead atoms. The summed E-state index contributed by atoms with van der Waals surface area (Å²) in [5, 5.41) is 10.6.